The highest BCUT2D eigenvalue weighted by molar-refractivity contribution is 7.89. The fourth-order valence-corrected chi connectivity index (χ4v) is 3.90. The number of nitrogens with zero attached hydrogens (tertiary/aromatic N) is 2. The minimum absolute atomic E-state index is 0.0102. The van der Waals surface area contributed by atoms with Crippen molar-refractivity contribution in [1.82, 2.24) is 4.90 Å². The number of hydrogen-bond acceptors (Lipinski definition) is 6. The molecule has 0 unspecified atom stereocenters. The Kier molecular flexibility index (Phi) is 6.41. The zero-order chi connectivity index (χ0) is 21.0. The standard InChI is InChI=1S/C20H26N4O4S/c1-15(20(25)22-16-7-9-17(10-8-16)29(21,26)27)23-11-13-24(14-12-23)18-5-3-4-6-19(18)28-2/h3-10,15H,11-14H2,1-2H3,(H,22,25)(H2,21,26,27)/t15-/m0/s1. The summed E-state index contributed by atoms with van der Waals surface area (Å²) in [6.07, 6.45) is 0. The van der Waals surface area contributed by atoms with Gasteiger partial charge in [0.2, 0.25) is 15.9 Å². The van der Waals surface area contributed by atoms with Gasteiger partial charge < -0.3 is 15.0 Å². The summed E-state index contributed by atoms with van der Waals surface area (Å²) in [5.41, 5.74) is 1.59. The van der Waals surface area contributed by atoms with Crippen LogP contribution >= 0.6 is 0 Å². The Labute approximate surface area is 171 Å². The van der Waals surface area contributed by atoms with Crippen molar-refractivity contribution < 1.29 is 17.9 Å². The summed E-state index contributed by atoms with van der Waals surface area (Å²) in [6, 6.07) is 13.4. The molecule has 156 valence electrons. The van der Waals surface area contributed by atoms with Crippen LogP contribution in [0.2, 0.25) is 0 Å². The number of primary sulfonamides is 1. The second kappa shape index (κ2) is 8.81. The minimum Gasteiger partial charge on any atom is -0.495 e. The van der Waals surface area contributed by atoms with Gasteiger partial charge in [-0.05, 0) is 43.3 Å². The highest BCUT2D eigenvalue weighted by atomic mass is 32.2. The number of sulfonamides is 1. The van der Waals surface area contributed by atoms with Crippen LogP contribution in [0.3, 0.4) is 0 Å². The van der Waals surface area contributed by atoms with Crippen molar-refractivity contribution >= 4 is 27.3 Å². The molecule has 0 saturated carbocycles. The third-order valence-electron chi connectivity index (χ3n) is 5.12. The molecule has 0 aliphatic carbocycles. The lowest BCUT2D eigenvalue weighted by atomic mass is 10.2. The fraction of sp³-hybridized carbons (Fsp3) is 0.350. The number of amides is 1. The maximum Gasteiger partial charge on any atom is 0.241 e. The molecule has 0 spiro atoms. The molecule has 1 saturated heterocycles. The molecule has 2 aromatic carbocycles. The molecule has 1 heterocycles. The molecule has 9 heteroatoms. The molecule has 2 aromatic rings. The van der Waals surface area contributed by atoms with E-state index in [1.807, 2.05) is 31.2 Å². The lowest BCUT2D eigenvalue weighted by molar-refractivity contribution is -0.120. The van der Waals surface area contributed by atoms with Crippen LogP contribution in [0.4, 0.5) is 11.4 Å². The number of rotatable bonds is 6. The predicted molar refractivity (Wildman–Crippen MR) is 113 cm³/mol. The predicted octanol–water partition coefficient (Wildman–Crippen LogP) is 1.49. The molecule has 29 heavy (non-hydrogen) atoms. The van der Waals surface area contributed by atoms with Crippen molar-refractivity contribution in [2.75, 3.05) is 43.5 Å². The summed E-state index contributed by atoms with van der Waals surface area (Å²) < 4.78 is 28.1. The van der Waals surface area contributed by atoms with Crippen LogP contribution < -0.4 is 20.1 Å². The van der Waals surface area contributed by atoms with Gasteiger partial charge in [-0.15, -0.1) is 0 Å². The molecule has 3 rings (SSSR count). The smallest absolute Gasteiger partial charge is 0.241 e. The van der Waals surface area contributed by atoms with Gasteiger partial charge in [-0.25, -0.2) is 13.6 Å². The SMILES string of the molecule is COc1ccccc1N1CCN([C@@H](C)C(=O)Nc2ccc(S(N)(=O)=O)cc2)CC1. The topological polar surface area (TPSA) is 105 Å². The molecule has 1 amide bonds. The maximum absolute atomic E-state index is 12.6. The lowest BCUT2D eigenvalue weighted by Crippen LogP contribution is -2.52. The van der Waals surface area contributed by atoms with Crippen molar-refractivity contribution in [2.45, 2.75) is 17.9 Å². The second-order valence-corrected chi connectivity index (χ2v) is 8.49. The largest absolute Gasteiger partial charge is 0.495 e. The van der Waals surface area contributed by atoms with Crippen molar-refractivity contribution in [2.24, 2.45) is 5.14 Å². The third-order valence-corrected chi connectivity index (χ3v) is 6.05. The van der Waals surface area contributed by atoms with E-state index < -0.39 is 10.0 Å². The van der Waals surface area contributed by atoms with Gasteiger partial charge in [0.05, 0.1) is 23.7 Å². The number of para-hydroxylation sites is 2. The summed E-state index contributed by atoms with van der Waals surface area (Å²) in [7, 11) is -2.09. The number of carbonyl (C=O) groups is 1. The van der Waals surface area contributed by atoms with E-state index >= 15 is 0 Å². The Balaban J connectivity index is 1.57. The molecule has 8 nitrogen and oxygen atoms in total. The van der Waals surface area contributed by atoms with Gasteiger partial charge in [-0.3, -0.25) is 9.69 Å². The van der Waals surface area contributed by atoms with E-state index in [4.69, 9.17) is 9.88 Å². The van der Waals surface area contributed by atoms with Crippen LogP contribution in [0.1, 0.15) is 6.92 Å². The number of nitrogens with one attached hydrogen (secondary N) is 1. The van der Waals surface area contributed by atoms with E-state index in [0.717, 1.165) is 37.6 Å². The van der Waals surface area contributed by atoms with Crippen LogP contribution in [0.25, 0.3) is 0 Å². The molecule has 3 N–H and O–H groups in total. The average molecular weight is 419 g/mol. The average Bonchev–Trinajstić information content (AvgIpc) is 2.73. The number of piperazine rings is 1. The Morgan fingerprint density at radius 2 is 1.69 bits per heavy atom. The Hall–Kier alpha value is -2.62. The molecule has 1 aliphatic rings. The number of hydrogen-bond donors (Lipinski definition) is 2. The number of anilines is 2. The van der Waals surface area contributed by atoms with E-state index in [9.17, 15) is 13.2 Å². The Morgan fingerprint density at radius 3 is 2.28 bits per heavy atom. The summed E-state index contributed by atoms with van der Waals surface area (Å²) in [5, 5.41) is 7.92. The van der Waals surface area contributed by atoms with Gasteiger partial charge in [0.15, 0.2) is 0 Å². The van der Waals surface area contributed by atoms with E-state index in [-0.39, 0.29) is 16.8 Å². The first-order valence-electron chi connectivity index (χ1n) is 9.35. The Bertz CT molecular complexity index is 955. The van der Waals surface area contributed by atoms with Crippen molar-refractivity contribution in [3.8, 4) is 5.75 Å². The van der Waals surface area contributed by atoms with E-state index in [0.29, 0.717) is 5.69 Å². The first-order valence-corrected chi connectivity index (χ1v) is 10.9. The van der Waals surface area contributed by atoms with E-state index in [2.05, 4.69) is 15.1 Å². The highest BCUT2D eigenvalue weighted by Gasteiger charge is 2.26. The fourth-order valence-electron chi connectivity index (χ4n) is 3.38. The molecular formula is C20H26N4O4S. The van der Waals surface area contributed by atoms with Crippen LogP contribution in [0.5, 0.6) is 5.75 Å². The molecule has 1 atom stereocenters. The first kappa shape index (κ1) is 21.1. The van der Waals surface area contributed by atoms with E-state index in [1.54, 1.807) is 7.11 Å². The van der Waals surface area contributed by atoms with Gasteiger partial charge in [-0.1, -0.05) is 12.1 Å². The number of ether oxygens (including phenoxy) is 1. The summed E-state index contributed by atoms with van der Waals surface area (Å²) in [4.78, 5) is 17.0. The normalized spacial score (nSPS) is 16.3. The van der Waals surface area contributed by atoms with Gasteiger partial charge in [-0.2, -0.15) is 0 Å². The summed E-state index contributed by atoms with van der Waals surface area (Å²) >= 11 is 0. The molecule has 0 bridgehead atoms. The van der Waals surface area contributed by atoms with E-state index in [1.165, 1.54) is 24.3 Å². The van der Waals surface area contributed by atoms with Gasteiger partial charge >= 0.3 is 0 Å². The van der Waals surface area contributed by atoms with Crippen LogP contribution in [0.15, 0.2) is 53.4 Å². The molecular weight excluding hydrogens is 392 g/mol. The molecule has 0 aromatic heterocycles. The summed E-state index contributed by atoms with van der Waals surface area (Å²) in [5.74, 6) is 0.703. The zero-order valence-electron chi connectivity index (χ0n) is 16.5. The van der Waals surface area contributed by atoms with Crippen molar-refractivity contribution in [1.29, 1.82) is 0 Å². The van der Waals surface area contributed by atoms with Crippen molar-refractivity contribution in [3.05, 3.63) is 48.5 Å². The molecule has 0 radical (unpaired) electrons. The zero-order valence-corrected chi connectivity index (χ0v) is 17.4. The van der Waals surface area contributed by atoms with Crippen LogP contribution in [-0.4, -0.2) is 58.6 Å². The van der Waals surface area contributed by atoms with Crippen LogP contribution in [0, 0.1) is 0 Å². The quantitative estimate of drug-likeness (QED) is 0.737. The van der Waals surface area contributed by atoms with Gasteiger partial charge in [0.25, 0.3) is 0 Å². The molecule has 1 aliphatic heterocycles. The first-order chi connectivity index (χ1) is 13.8. The number of benzene rings is 2. The Morgan fingerprint density at radius 1 is 1.07 bits per heavy atom. The van der Waals surface area contributed by atoms with Gasteiger partial charge in [0.1, 0.15) is 5.75 Å². The lowest BCUT2D eigenvalue weighted by Gasteiger charge is -2.38. The number of carbonyl (C=O) groups excluding carboxylic acids is 1. The number of methoxy groups -OCH3 is 1. The number of nitrogens with two attached hydrogens (primary N) is 1. The monoisotopic (exact) mass is 418 g/mol. The highest BCUT2D eigenvalue weighted by Crippen LogP contribution is 2.28. The van der Waals surface area contributed by atoms with Crippen LogP contribution in [-0.2, 0) is 14.8 Å². The van der Waals surface area contributed by atoms with Crippen molar-refractivity contribution in [3.63, 3.8) is 0 Å². The third kappa shape index (κ3) is 5.06. The molecule has 1 fully saturated rings. The summed E-state index contributed by atoms with van der Waals surface area (Å²) in [6.45, 7) is 4.95. The second-order valence-electron chi connectivity index (χ2n) is 6.93. The maximum atomic E-state index is 12.6. The van der Waals surface area contributed by atoms with Gasteiger partial charge in [0, 0.05) is 31.9 Å². The minimum atomic E-state index is -3.75.